The van der Waals surface area contributed by atoms with E-state index in [0.29, 0.717) is 4.47 Å². The van der Waals surface area contributed by atoms with Crippen molar-refractivity contribution in [3.8, 4) is 11.6 Å². The van der Waals surface area contributed by atoms with E-state index in [2.05, 4.69) is 25.9 Å². The van der Waals surface area contributed by atoms with Gasteiger partial charge < -0.3 is 4.74 Å². The van der Waals surface area contributed by atoms with E-state index in [-0.39, 0.29) is 27.6 Å². The third-order valence-electron chi connectivity index (χ3n) is 2.01. The standard InChI is InChI=1S/C10H4BrCl2N3O3/c11-6-4-14-10(13)15-9(6)19-8-3-5(16(17)18)1-2-7(8)12/h1-4H. The lowest BCUT2D eigenvalue weighted by Crippen LogP contribution is -1.94. The van der Waals surface area contributed by atoms with Gasteiger partial charge in [0.1, 0.15) is 0 Å². The highest BCUT2D eigenvalue weighted by molar-refractivity contribution is 9.10. The van der Waals surface area contributed by atoms with Crippen molar-refractivity contribution in [1.29, 1.82) is 0 Å². The molecule has 1 aromatic heterocycles. The van der Waals surface area contributed by atoms with Gasteiger partial charge in [-0.25, -0.2) is 4.98 Å². The maximum atomic E-state index is 10.7. The van der Waals surface area contributed by atoms with Gasteiger partial charge in [-0.3, -0.25) is 10.1 Å². The number of nitrogens with zero attached hydrogens (tertiary/aromatic N) is 3. The van der Waals surface area contributed by atoms with E-state index in [1.54, 1.807) is 0 Å². The second-order valence-corrected chi connectivity index (χ2v) is 4.87. The summed E-state index contributed by atoms with van der Waals surface area (Å²) >= 11 is 14.7. The Labute approximate surface area is 125 Å². The van der Waals surface area contributed by atoms with Crippen LogP contribution in [-0.4, -0.2) is 14.9 Å². The number of nitro benzene ring substituents is 1. The predicted octanol–water partition coefficient (Wildman–Crippen LogP) is 4.25. The van der Waals surface area contributed by atoms with Crippen molar-refractivity contribution >= 4 is 44.8 Å². The van der Waals surface area contributed by atoms with Gasteiger partial charge in [-0.15, -0.1) is 0 Å². The maximum absolute atomic E-state index is 10.7. The molecule has 0 amide bonds. The lowest BCUT2D eigenvalue weighted by atomic mass is 10.3. The SMILES string of the molecule is O=[N+]([O-])c1ccc(Cl)c(Oc2nc(Cl)ncc2Br)c1. The van der Waals surface area contributed by atoms with Gasteiger partial charge >= 0.3 is 0 Å². The molecule has 0 aliphatic rings. The molecule has 0 saturated heterocycles. The fraction of sp³-hybridized carbons (Fsp3) is 0. The largest absolute Gasteiger partial charge is 0.436 e. The van der Waals surface area contributed by atoms with Gasteiger partial charge in [0.05, 0.1) is 20.5 Å². The predicted molar refractivity (Wildman–Crippen MR) is 72.9 cm³/mol. The van der Waals surface area contributed by atoms with Crippen molar-refractivity contribution in [2.45, 2.75) is 0 Å². The van der Waals surface area contributed by atoms with Gasteiger partial charge in [0.2, 0.25) is 11.2 Å². The Hall–Kier alpha value is -1.44. The Bertz CT molecular complexity index is 654. The topological polar surface area (TPSA) is 78.2 Å². The molecule has 0 spiro atoms. The second-order valence-electron chi connectivity index (χ2n) is 3.27. The molecule has 0 aliphatic carbocycles. The summed E-state index contributed by atoms with van der Waals surface area (Å²) in [7, 11) is 0. The third kappa shape index (κ3) is 3.31. The van der Waals surface area contributed by atoms with E-state index in [9.17, 15) is 10.1 Å². The first kappa shape index (κ1) is 14.0. The summed E-state index contributed by atoms with van der Waals surface area (Å²) in [6.45, 7) is 0. The van der Waals surface area contributed by atoms with E-state index >= 15 is 0 Å². The van der Waals surface area contributed by atoms with Crippen molar-refractivity contribution < 1.29 is 9.66 Å². The van der Waals surface area contributed by atoms with Crippen molar-refractivity contribution in [3.05, 3.63) is 49.3 Å². The summed E-state index contributed by atoms with van der Waals surface area (Å²) < 4.78 is 5.84. The summed E-state index contributed by atoms with van der Waals surface area (Å²) in [6.07, 6.45) is 1.40. The zero-order valence-corrected chi connectivity index (χ0v) is 12.1. The normalized spacial score (nSPS) is 10.3. The molecule has 98 valence electrons. The van der Waals surface area contributed by atoms with E-state index in [1.165, 1.54) is 24.4 Å². The van der Waals surface area contributed by atoms with Gasteiger partial charge in [-0.2, -0.15) is 4.98 Å². The van der Waals surface area contributed by atoms with Gasteiger partial charge in [0.15, 0.2) is 5.75 Å². The summed E-state index contributed by atoms with van der Waals surface area (Å²) in [5.41, 5.74) is -0.143. The molecule has 0 radical (unpaired) electrons. The van der Waals surface area contributed by atoms with E-state index in [1.807, 2.05) is 0 Å². The molecule has 0 atom stereocenters. The molecule has 19 heavy (non-hydrogen) atoms. The highest BCUT2D eigenvalue weighted by Crippen LogP contribution is 2.34. The molecule has 2 rings (SSSR count). The van der Waals surface area contributed by atoms with Gasteiger partial charge in [-0.05, 0) is 33.6 Å². The van der Waals surface area contributed by atoms with Crippen LogP contribution in [0.25, 0.3) is 0 Å². The first-order valence-corrected chi connectivity index (χ1v) is 6.32. The second kappa shape index (κ2) is 5.68. The minimum atomic E-state index is -0.550. The molecule has 9 heteroatoms. The zero-order chi connectivity index (χ0) is 14.0. The van der Waals surface area contributed by atoms with E-state index < -0.39 is 4.92 Å². The molecule has 6 nitrogen and oxygen atoms in total. The lowest BCUT2D eigenvalue weighted by Gasteiger charge is -2.07. The molecule has 0 saturated carbocycles. The molecule has 1 aromatic carbocycles. The van der Waals surface area contributed by atoms with Crippen molar-refractivity contribution in [3.63, 3.8) is 0 Å². The van der Waals surface area contributed by atoms with Crippen LogP contribution in [0.2, 0.25) is 10.3 Å². The molecule has 0 aliphatic heterocycles. The zero-order valence-electron chi connectivity index (χ0n) is 9.01. The smallest absolute Gasteiger partial charge is 0.273 e. The van der Waals surface area contributed by atoms with Gasteiger partial charge in [0, 0.05) is 12.3 Å². The van der Waals surface area contributed by atoms with Crippen molar-refractivity contribution in [1.82, 2.24) is 9.97 Å². The van der Waals surface area contributed by atoms with Crippen LogP contribution >= 0.6 is 39.1 Å². The van der Waals surface area contributed by atoms with E-state index in [0.717, 1.165) is 0 Å². The van der Waals surface area contributed by atoms with Gasteiger partial charge in [-0.1, -0.05) is 11.6 Å². The van der Waals surface area contributed by atoms with Crippen molar-refractivity contribution in [2.75, 3.05) is 0 Å². The summed E-state index contributed by atoms with van der Waals surface area (Å²) in [6, 6.07) is 3.84. The highest BCUT2D eigenvalue weighted by atomic mass is 79.9. The summed E-state index contributed by atoms with van der Waals surface area (Å²) in [5.74, 6) is 0.216. The molecular weight excluding hydrogens is 361 g/mol. The fourth-order valence-electron chi connectivity index (χ4n) is 1.19. The number of hydrogen-bond donors (Lipinski definition) is 0. The monoisotopic (exact) mass is 363 g/mol. The number of hydrogen-bond acceptors (Lipinski definition) is 5. The van der Waals surface area contributed by atoms with Crippen LogP contribution < -0.4 is 4.74 Å². The Morgan fingerprint density at radius 1 is 1.37 bits per heavy atom. The number of non-ortho nitro benzene ring substituents is 1. The van der Waals surface area contributed by atoms with Crippen LogP contribution in [-0.2, 0) is 0 Å². The average Bonchev–Trinajstić information content (AvgIpc) is 2.36. The average molecular weight is 365 g/mol. The Kier molecular flexibility index (Phi) is 4.18. The van der Waals surface area contributed by atoms with Crippen LogP contribution in [0.15, 0.2) is 28.9 Å². The number of ether oxygens (including phenoxy) is 1. The Balaban J connectivity index is 2.40. The van der Waals surface area contributed by atoms with Crippen LogP contribution in [0, 0.1) is 10.1 Å². The first-order valence-electron chi connectivity index (χ1n) is 4.77. The lowest BCUT2D eigenvalue weighted by molar-refractivity contribution is -0.384. The minimum Gasteiger partial charge on any atom is -0.436 e. The van der Waals surface area contributed by atoms with Crippen LogP contribution in [0.4, 0.5) is 5.69 Å². The molecule has 2 aromatic rings. The Morgan fingerprint density at radius 3 is 2.79 bits per heavy atom. The van der Waals surface area contributed by atoms with Crippen LogP contribution in [0.3, 0.4) is 0 Å². The molecule has 1 heterocycles. The first-order chi connectivity index (χ1) is 8.97. The molecule has 0 unspecified atom stereocenters. The third-order valence-corrected chi connectivity index (χ3v) is 3.05. The molecule has 0 bridgehead atoms. The number of rotatable bonds is 3. The summed E-state index contributed by atoms with van der Waals surface area (Å²) in [5, 5.41) is 10.9. The maximum Gasteiger partial charge on any atom is 0.273 e. The number of halogens is 3. The summed E-state index contributed by atoms with van der Waals surface area (Å²) in [4.78, 5) is 17.7. The Morgan fingerprint density at radius 2 is 2.11 bits per heavy atom. The van der Waals surface area contributed by atoms with Crippen LogP contribution in [0.5, 0.6) is 11.6 Å². The quantitative estimate of drug-likeness (QED) is 0.462. The minimum absolute atomic E-state index is 0.0141. The highest BCUT2D eigenvalue weighted by Gasteiger charge is 2.14. The molecule has 0 N–H and O–H groups in total. The molecular formula is C10H4BrCl2N3O3. The number of nitro groups is 1. The van der Waals surface area contributed by atoms with Crippen LogP contribution in [0.1, 0.15) is 0 Å². The van der Waals surface area contributed by atoms with Gasteiger partial charge in [0.25, 0.3) is 5.69 Å². The molecule has 0 fully saturated rings. The van der Waals surface area contributed by atoms with E-state index in [4.69, 9.17) is 27.9 Å². The van der Waals surface area contributed by atoms with Crippen molar-refractivity contribution in [2.24, 2.45) is 0 Å². The number of benzene rings is 1. The number of aromatic nitrogens is 2. The fourth-order valence-corrected chi connectivity index (χ4v) is 1.74.